The lowest BCUT2D eigenvalue weighted by Crippen LogP contribution is -2.28. The molecule has 1 aromatic rings. The van der Waals surface area contributed by atoms with E-state index in [1.54, 1.807) is 25.1 Å². The molecule has 0 fully saturated rings. The van der Waals surface area contributed by atoms with Crippen molar-refractivity contribution in [2.75, 3.05) is 6.61 Å². The van der Waals surface area contributed by atoms with Gasteiger partial charge in [0.1, 0.15) is 0 Å². The quantitative estimate of drug-likeness (QED) is 0.552. The van der Waals surface area contributed by atoms with Gasteiger partial charge in [-0.3, -0.25) is 0 Å². The average Bonchev–Trinajstić information content (AvgIpc) is 2.50. The molecule has 2 unspecified atom stereocenters. The van der Waals surface area contributed by atoms with Crippen LogP contribution in [0.2, 0.25) is 10.0 Å². The zero-order valence-electron chi connectivity index (χ0n) is 13.4. The molecule has 0 spiro atoms. The molecule has 0 saturated heterocycles. The van der Waals surface area contributed by atoms with Crippen LogP contribution in [-0.4, -0.2) is 18.7 Å². The Hall–Kier alpha value is -0.930. The SMILES string of the molecule is CCCCC(CC)COC(=O)C(C)Oc1c(Cl)cccc1Cl. The molecule has 2 atom stereocenters. The lowest BCUT2D eigenvalue weighted by molar-refractivity contribution is -0.152. The van der Waals surface area contributed by atoms with Crippen LogP contribution in [-0.2, 0) is 9.53 Å². The molecule has 22 heavy (non-hydrogen) atoms. The van der Waals surface area contributed by atoms with Crippen LogP contribution in [0.25, 0.3) is 0 Å². The van der Waals surface area contributed by atoms with Crippen molar-refractivity contribution in [3.63, 3.8) is 0 Å². The summed E-state index contributed by atoms with van der Waals surface area (Å²) in [7, 11) is 0. The van der Waals surface area contributed by atoms with Crippen molar-refractivity contribution in [3.8, 4) is 5.75 Å². The molecule has 0 aromatic heterocycles. The van der Waals surface area contributed by atoms with E-state index < -0.39 is 12.1 Å². The van der Waals surface area contributed by atoms with Crippen LogP contribution in [0.3, 0.4) is 0 Å². The minimum absolute atomic E-state index is 0.313. The van der Waals surface area contributed by atoms with Gasteiger partial charge in [-0.2, -0.15) is 0 Å². The number of benzene rings is 1. The van der Waals surface area contributed by atoms with Gasteiger partial charge in [0, 0.05) is 0 Å². The highest BCUT2D eigenvalue weighted by Gasteiger charge is 2.20. The van der Waals surface area contributed by atoms with E-state index >= 15 is 0 Å². The van der Waals surface area contributed by atoms with Crippen LogP contribution in [0, 0.1) is 5.92 Å². The van der Waals surface area contributed by atoms with Crippen LogP contribution in [0.1, 0.15) is 46.5 Å². The van der Waals surface area contributed by atoms with E-state index in [0.717, 1.165) is 25.7 Å². The Balaban J connectivity index is 2.51. The highest BCUT2D eigenvalue weighted by molar-refractivity contribution is 6.37. The predicted octanol–water partition coefficient (Wildman–Crippen LogP) is 5.52. The van der Waals surface area contributed by atoms with Gasteiger partial charge in [-0.05, 0) is 31.4 Å². The third kappa shape index (κ3) is 6.05. The molecule has 0 bridgehead atoms. The highest BCUT2D eigenvalue weighted by Crippen LogP contribution is 2.33. The van der Waals surface area contributed by atoms with Crippen molar-refractivity contribution in [1.29, 1.82) is 0 Å². The lowest BCUT2D eigenvalue weighted by Gasteiger charge is -2.18. The first-order valence-corrected chi connectivity index (χ1v) is 8.52. The minimum Gasteiger partial charge on any atom is -0.476 e. The summed E-state index contributed by atoms with van der Waals surface area (Å²) in [4.78, 5) is 12.0. The maximum Gasteiger partial charge on any atom is 0.347 e. The van der Waals surface area contributed by atoms with Gasteiger partial charge in [-0.25, -0.2) is 4.79 Å². The van der Waals surface area contributed by atoms with E-state index in [2.05, 4.69) is 13.8 Å². The Bertz CT molecular complexity index is 457. The summed E-state index contributed by atoms with van der Waals surface area (Å²) >= 11 is 12.0. The Kier molecular flexibility index (Phi) is 8.66. The van der Waals surface area contributed by atoms with E-state index in [9.17, 15) is 4.79 Å². The van der Waals surface area contributed by atoms with Crippen LogP contribution in [0.4, 0.5) is 0 Å². The topological polar surface area (TPSA) is 35.5 Å². The van der Waals surface area contributed by atoms with Crippen LogP contribution >= 0.6 is 23.2 Å². The first-order valence-electron chi connectivity index (χ1n) is 7.76. The van der Waals surface area contributed by atoms with Crippen molar-refractivity contribution in [3.05, 3.63) is 28.2 Å². The normalized spacial score (nSPS) is 13.5. The highest BCUT2D eigenvalue weighted by atomic mass is 35.5. The second kappa shape index (κ2) is 9.96. The van der Waals surface area contributed by atoms with Crippen LogP contribution in [0.5, 0.6) is 5.75 Å². The molecule has 0 aliphatic heterocycles. The number of halogens is 2. The number of rotatable bonds is 9. The van der Waals surface area contributed by atoms with Gasteiger partial charge in [0.05, 0.1) is 16.7 Å². The number of carbonyl (C=O) groups excluding carboxylic acids is 1. The number of ether oxygens (including phenoxy) is 2. The summed E-state index contributed by atoms with van der Waals surface area (Å²) in [5, 5.41) is 0.753. The molecule has 1 aromatic carbocycles. The Labute approximate surface area is 142 Å². The summed E-state index contributed by atoms with van der Waals surface area (Å²) < 4.78 is 10.9. The number of carbonyl (C=O) groups is 1. The number of hydrogen-bond acceptors (Lipinski definition) is 3. The molecule has 0 aliphatic rings. The molecule has 124 valence electrons. The largest absolute Gasteiger partial charge is 0.476 e. The molecule has 0 amide bonds. The molecule has 0 radical (unpaired) electrons. The number of unbranched alkanes of at least 4 members (excludes halogenated alkanes) is 1. The molecular weight excluding hydrogens is 323 g/mol. The summed E-state index contributed by atoms with van der Waals surface area (Å²) in [6.07, 6.45) is 3.62. The van der Waals surface area contributed by atoms with Gasteiger partial charge in [0.15, 0.2) is 11.9 Å². The lowest BCUT2D eigenvalue weighted by atomic mass is 10.0. The van der Waals surface area contributed by atoms with Gasteiger partial charge in [-0.1, -0.05) is 62.4 Å². The predicted molar refractivity (Wildman–Crippen MR) is 90.8 cm³/mol. The molecular formula is C17H24Cl2O3. The summed E-state index contributed by atoms with van der Waals surface area (Å²) in [5.41, 5.74) is 0. The van der Waals surface area contributed by atoms with Crippen LogP contribution < -0.4 is 4.74 Å². The van der Waals surface area contributed by atoms with E-state index in [0.29, 0.717) is 28.3 Å². The van der Waals surface area contributed by atoms with Gasteiger partial charge < -0.3 is 9.47 Å². The number of esters is 1. The summed E-state index contributed by atoms with van der Waals surface area (Å²) in [6, 6.07) is 5.05. The monoisotopic (exact) mass is 346 g/mol. The van der Waals surface area contributed by atoms with Gasteiger partial charge >= 0.3 is 5.97 Å². The van der Waals surface area contributed by atoms with Crippen molar-refractivity contribution in [2.45, 2.75) is 52.6 Å². The second-order valence-electron chi connectivity index (χ2n) is 5.36. The third-order valence-corrected chi connectivity index (χ3v) is 4.15. The average molecular weight is 347 g/mol. The minimum atomic E-state index is -0.749. The molecule has 0 saturated carbocycles. The first kappa shape index (κ1) is 19.1. The van der Waals surface area contributed by atoms with Gasteiger partial charge in [0.25, 0.3) is 0 Å². The third-order valence-electron chi connectivity index (χ3n) is 3.55. The molecule has 0 heterocycles. The first-order chi connectivity index (χ1) is 10.5. The van der Waals surface area contributed by atoms with Gasteiger partial charge in [-0.15, -0.1) is 0 Å². The fourth-order valence-corrected chi connectivity index (χ4v) is 2.52. The number of hydrogen-bond donors (Lipinski definition) is 0. The molecule has 0 aliphatic carbocycles. The van der Waals surface area contributed by atoms with E-state index in [4.69, 9.17) is 32.7 Å². The molecule has 5 heteroatoms. The van der Waals surface area contributed by atoms with Crippen molar-refractivity contribution in [1.82, 2.24) is 0 Å². The summed E-state index contributed by atoms with van der Waals surface area (Å²) in [6.45, 7) is 6.33. The maximum absolute atomic E-state index is 12.0. The zero-order chi connectivity index (χ0) is 16.5. The maximum atomic E-state index is 12.0. The molecule has 0 N–H and O–H groups in total. The summed E-state index contributed by atoms with van der Waals surface area (Å²) in [5.74, 6) is 0.319. The van der Waals surface area contributed by atoms with E-state index in [-0.39, 0.29) is 0 Å². The zero-order valence-corrected chi connectivity index (χ0v) is 14.9. The van der Waals surface area contributed by atoms with E-state index in [1.807, 2.05) is 0 Å². The second-order valence-corrected chi connectivity index (χ2v) is 6.17. The molecule has 1 rings (SSSR count). The Morgan fingerprint density at radius 3 is 2.41 bits per heavy atom. The van der Waals surface area contributed by atoms with Crippen molar-refractivity contribution >= 4 is 29.2 Å². The number of para-hydroxylation sites is 1. The molecule has 3 nitrogen and oxygen atoms in total. The fourth-order valence-electron chi connectivity index (χ4n) is 2.04. The fraction of sp³-hybridized carbons (Fsp3) is 0.588. The van der Waals surface area contributed by atoms with Gasteiger partial charge in [0.2, 0.25) is 0 Å². The Morgan fingerprint density at radius 2 is 1.86 bits per heavy atom. The van der Waals surface area contributed by atoms with Crippen molar-refractivity contribution in [2.24, 2.45) is 5.92 Å². The smallest absolute Gasteiger partial charge is 0.347 e. The van der Waals surface area contributed by atoms with Crippen LogP contribution in [0.15, 0.2) is 18.2 Å². The Morgan fingerprint density at radius 1 is 1.23 bits per heavy atom. The van der Waals surface area contributed by atoms with E-state index in [1.165, 1.54) is 0 Å². The standard InChI is InChI=1S/C17H24Cl2O3/c1-4-6-8-13(5-2)11-21-17(20)12(3)22-16-14(18)9-7-10-15(16)19/h7,9-10,12-13H,4-6,8,11H2,1-3H3. The van der Waals surface area contributed by atoms with Crippen molar-refractivity contribution < 1.29 is 14.3 Å².